The fraction of sp³-hybridized carbons (Fsp3) is 0.375. The average molecular weight is 540 g/mol. The first-order valence-corrected chi connectivity index (χ1v) is 12.1. The van der Waals surface area contributed by atoms with E-state index in [-0.39, 0.29) is 17.3 Å². The molecule has 0 radical (unpaired) electrons. The maximum Gasteiger partial charge on any atom is 0.416 e. The van der Waals surface area contributed by atoms with Crippen LogP contribution in [-0.2, 0) is 12.1 Å². The van der Waals surface area contributed by atoms with Crippen molar-refractivity contribution in [3.8, 4) is 10.7 Å². The topological polar surface area (TPSA) is 88.1 Å². The van der Waals surface area contributed by atoms with Crippen LogP contribution in [0.15, 0.2) is 36.8 Å². The van der Waals surface area contributed by atoms with Gasteiger partial charge in [0.2, 0.25) is 0 Å². The van der Waals surface area contributed by atoms with Gasteiger partial charge in [-0.2, -0.15) is 13.2 Å². The van der Waals surface area contributed by atoms with Crippen LogP contribution in [0.25, 0.3) is 10.7 Å². The molecule has 0 spiro atoms. The SMILES string of the molecule is CC(NC(=O)c1cc(C(C)(F)F)cc(C(F)(F)F)c1)c1nccnc1-c1ncc(C(=O)N2CCCC2)s1. The zero-order valence-electron chi connectivity index (χ0n) is 19.8. The first kappa shape index (κ1) is 26.6. The van der Waals surface area contributed by atoms with Gasteiger partial charge in [-0.25, -0.2) is 13.8 Å². The average Bonchev–Trinajstić information content (AvgIpc) is 3.55. The highest BCUT2D eigenvalue weighted by Crippen LogP contribution is 2.36. The molecule has 1 atom stereocenters. The maximum atomic E-state index is 13.8. The number of rotatable bonds is 6. The van der Waals surface area contributed by atoms with E-state index < -0.39 is 40.7 Å². The van der Waals surface area contributed by atoms with Crippen LogP contribution < -0.4 is 5.32 Å². The number of benzene rings is 1. The van der Waals surface area contributed by atoms with Crippen molar-refractivity contribution in [1.82, 2.24) is 25.2 Å². The zero-order valence-corrected chi connectivity index (χ0v) is 20.6. The Hall–Kier alpha value is -3.48. The molecule has 1 fully saturated rings. The van der Waals surface area contributed by atoms with E-state index in [0.717, 1.165) is 30.2 Å². The van der Waals surface area contributed by atoms with Gasteiger partial charge in [-0.15, -0.1) is 11.3 Å². The number of hydrogen-bond donors (Lipinski definition) is 1. The first-order chi connectivity index (χ1) is 17.3. The third-order valence-electron chi connectivity index (χ3n) is 5.83. The molecule has 196 valence electrons. The van der Waals surface area contributed by atoms with Crippen molar-refractivity contribution in [3.63, 3.8) is 0 Å². The summed E-state index contributed by atoms with van der Waals surface area (Å²) < 4.78 is 67.6. The zero-order chi connectivity index (χ0) is 27.0. The molecule has 2 aromatic heterocycles. The van der Waals surface area contributed by atoms with E-state index in [0.29, 0.717) is 42.0 Å². The summed E-state index contributed by atoms with van der Waals surface area (Å²) in [5.41, 5.74) is -2.33. The minimum atomic E-state index is -4.92. The third kappa shape index (κ3) is 5.92. The van der Waals surface area contributed by atoms with Crippen LogP contribution >= 0.6 is 11.3 Å². The fourth-order valence-corrected chi connectivity index (χ4v) is 4.80. The van der Waals surface area contributed by atoms with Crippen molar-refractivity contribution < 1.29 is 31.5 Å². The van der Waals surface area contributed by atoms with Crippen molar-refractivity contribution in [2.75, 3.05) is 13.1 Å². The quantitative estimate of drug-likeness (QED) is 0.421. The van der Waals surface area contributed by atoms with Crippen molar-refractivity contribution >= 4 is 23.2 Å². The number of likely N-dealkylation sites (tertiary alicyclic amines) is 1. The first-order valence-electron chi connectivity index (χ1n) is 11.3. The van der Waals surface area contributed by atoms with Gasteiger partial charge < -0.3 is 10.2 Å². The summed E-state index contributed by atoms with van der Waals surface area (Å²) in [5, 5.41) is 2.88. The normalized spacial score (nSPS) is 15.1. The molecule has 0 bridgehead atoms. The Bertz CT molecular complexity index is 1280. The predicted molar refractivity (Wildman–Crippen MR) is 125 cm³/mol. The number of nitrogens with zero attached hydrogens (tertiary/aromatic N) is 4. The van der Waals surface area contributed by atoms with Gasteiger partial charge in [0.25, 0.3) is 17.7 Å². The Morgan fingerprint density at radius 3 is 2.30 bits per heavy atom. The minimum Gasteiger partial charge on any atom is -0.344 e. The molecule has 37 heavy (non-hydrogen) atoms. The largest absolute Gasteiger partial charge is 0.416 e. The molecule has 1 N–H and O–H groups in total. The molecule has 13 heteroatoms. The number of amides is 2. The van der Waals surface area contributed by atoms with Crippen molar-refractivity contribution in [3.05, 3.63) is 64.1 Å². The smallest absolute Gasteiger partial charge is 0.344 e. The maximum absolute atomic E-state index is 13.8. The standard InChI is InChI=1S/C24H22F5N5O2S/c1-13(33-20(35)14-9-15(23(2,25)26)11-16(10-14)24(27,28)29)18-19(31-6-5-30-18)21-32-12-17(37-21)22(36)34-7-3-4-8-34/h5-6,9-13H,3-4,7-8H2,1-2H3,(H,33,35). The molecule has 0 saturated carbocycles. The Labute approximate surface area is 212 Å². The molecule has 2 amide bonds. The Kier molecular flexibility index (Phi) is 7.27. The lowest BCUT2D eigenvalue weighted by molar-refractivity contribution is -0.137. The second-order valence-corrected chi connectivity index (χ2v) is 9.73. The number of alkyl halides is 5. The lowest BCUT2D eigenvalue weighted by Crippen LogP contribution is -2.28. The lowest BCUT2D eigenvalue weighted by Gasteiger charge is -2.18. The van der Waals surface area contributed by atoms with Gasteiger partial charge in [0, 0.05) is 43.5 Å². The summed E-state index contributed by atoms with van der Waals surface area (Å²) in [6.07, 6.45) is 1.16. The summed E-state index contributed by atoms with van der Waals surface area (Å²) in [5.74, 6) is -4.72. The van der Waals surface area contributed by atoms with E-state index in [1.54, 1.807) is 4.90 Å². The molecule has 1 saturated heterocycles. The molecule has 3 aromatic rings. The number of thiazole rings is 1. The number of carbonyl (C=O) groups is 2. The molecule has 1 aliphatic rings. The van der Waals surface area contributed by atoms with E-state index in [1.165, 1.54) is 25.5 Å². The third-order valence-corrected chi connectivity index (χ3v) is 6.82. The molecule has 7 nitrogen and oxygen atoms in total. The molecular formula is C24H22F5N5O2S. The monoisotopic (exact) mass is 539 g/mol. The van der Waals surface area contributed by atoms with Gasteiger partial charge in [0.05, 0.1) is 23.5 Å². The number of nitrogens with one attached hydrogen (secondary N) is 1. The van der Waals surface area contributed by atoms with Crippen molar-refractivity contribution in [2.45, 2.75) is 44.8 Å². The van der Waals surface area contributed by atoms with Gasteiger partial charge in [-0.3, -0.25) is 19.6 Å². The molecule has 1 aromatic carbocycles. The van der Waals surface area contributed by atoms with Crippen LogP contribution in [0.1, 0.15) is 69.6 Å². The molecule has 4 rings (SSSR count). The van der Waals surface area contributed by atoms with Crippen LogP contribution in [0.4, 0.5) is 22.0 Å². The lowest BCUT2D eigenvalue weighted by atomic mass is 10.0. The highest BCUT2D eigenvalue weighted by molar-refractivity contribution is 7.16. The molecular weight excluding hydrogens is 517 g/mol. The summed E-state index contributed by atoms with van der Waals surface area (Å²) >= 11 is 1.11. The Morgan fingerprint density at radius 2 is 1.65 bits per heavy atom. The van der Waals surface area contributed by atoms with E-state index >= 15 is 0 Å². The highest BCUT2D eigenvalue weighted by atomic mass is 32.1. The van der Waals surface area contributed by atoms with Gasteiger partial charge in [-0.05, 0) is 38.0 Å². The number of halogens is 5. The van der Waals surface area contributed by atoms with Crippen LogP contribution in [-0.4, -0.2) is 44.8 Å². The molecule has 0 aliphatic carbocycles. The summed E-state index contributed by atoms with van der Waals surface area (Å²) in [6, 6.07) is 0.695. The molecule has 1 aliphatic heterocycles. The van der Waals surface area contributed by atoms with Crippen molar-refractivity contribution in [2.24, 2.45) is 0 Å². The van der Waals surface area contributed by atoms with Gasteiger partial charge in [-0.1, -0.05) is 0 Å². The van der Waals surface area contributed by atoms with E-state index in [1.807, 2.05) is 0 Å². The van der Waals surface area contributed by atoms with Gasteiger partial charge >= 0.3 is 6.18 Å². The Balaban J connectivity index is 1.59. The van der Waals surface area contributed by atoms with Crippen molar-refractivity contribution in [1.29, 1.82) is 0 Å². The highest BCUT2D eigenvalue weighted by Gasteiger charge is 2.35. The van der Waals surface area contributed by atoms with Gasteiger partial charge in [0.15, 0.2) is 0 Å². The summed E-state index contributed by atoms with van der Waals surface area (Å²) in [4.78, 5) is 40.5. The van der Waals surface area contributed by atoms with E-state index in [9.17, 15) is 31.5 Å². The molecule has 1 unspecified atom stereocenters. The number of carbonyl (C=O) groups excluding carboxylic acids is 2. The number of hydrogen-bond acceptors (Lipinski definition) is 6. The predicted octanol–water partition coefficient (Wildman–Crippen LogP) is 5.46. The van der Waals surface area contributed by atoms with Crippen LogP contribution in [0.3, 0.4) is 0 Å². The van der Waals surface area contributed by atoms with E-state index in [4.69, 9.17) is 0 Å². The summed E-state index contributed by atoms with van der Waals surface area (Å²) in [6.45, 7) is 3.33. The summed E-state index contributed by atoms with van der Waals surface area (Å²) in [7, 11) is 0. The van der Waals surface area contributed by atoms with Crippen LogP contribution in [0.2, 0.25) is 0 Å². The van der Waals surface area contributed by atoms with Gasteiger partial charge in [0.1, 0.15) is 15.6 Å². The van der Waals surface area contributed by atoms with Crippen LogP contribution in [0.5, 0.6) is 0 Å². The minimum absolute atomic E-state index is 0.138. The molecule has 3 heterocycles. The second-order valence-electron chi connectivity index (χ2n) is 8.70. The Morgan fingerprint density at radius 1 is 1.00 bits per heavy atom. The van der Waals surface area contributed by atoms with Crippen LogP contribution in [0, 0.1) is 0 Å². The van der Waals surface area contributed by atoms with E-state index in [2.05, 4.69) is 20.3 Å². The second kappa shape index (κ2) is 10.1. The number of aromatic nitrogens is 3. The fourth-order valence-electron chi connectivity index (χ4n) is 3.91.